The molecule has 0 aromatic carbocycles. The second-order valence-electron chi connectivity index (χ2n) is 6.32. The number of hydrogen-bond acceptors (Lipinski definition) is 4. The summed E-state index contributed by atoms with van der Waals surface area (Å²) in [7, 11) is -4.42. The first-order chi connectivity index (χ1) is 11.0. The van der Waals surface area contributed by atoms with E-state index in [2.05, 4.69) is 10.6 Å². The molecule has 1 saturated heterocycles. The molecule has 1 amide bonds. The second kappa shape index (κ2) is 7.03. The summed E-state index contributed by atoms with van der Waals surface area (Å²) in [5, 5.41) is 7.59. The van der Waals surface area contributed by atoms with Crippen molar-refractivity contribution < 1.29 is 19.1 Å². The minimum Gasteiger partial charge on any atom is -0.337 e. The Morgan fingerprint density at radius 3 is 2.78 bits per heavy atom. The molecule has 2 heterocycles. The van der Waals surface area contributed by atoms with E-state index in [1.807, 2.05) is 5.38 Å². The number of amides is 1. The first-order valence-corrected chi connectivity index (χ1v) is 10.7. The van der Waals surface area contributed by atoms with Gasteiger partial charge in [-0.3, -0.25) is 9.36 Å². The topological polar surface area (TPSA) is 98.7 Å². The molecule has 1 aliphatic carbocycles. The normalized spacial score (nSPS) is 23.1. The van der Waals surface area contributed by atoms with Crippen molar-refractivity contribution in [3.8, 4) is 0 Å². The van der Waals surface area contributed by atoms with Crippen LogP contribution in [-0.4, -0.2) is 34.1 Å². The lowest BCUT2D eigenvalue weighted by atomic mass is 9.95. The molecule has 1 aromatic heterocycles. The summed E-state index contributed by atoms with van der Waals surface area (Å²) >= 11 is 1.58. The van der Waals surface area contributed by atoms with E-state index in [1.54, 1.807) is 11.3 Å². The number of carbonyl (C=O) groups is 1. The predicted molar refractivity (Wildman–Crippen MR) is 89.9 cm³/mol. The highest BCUT2D eigenvalue weighted by atomic mass is 32.1. The summed E-state index contributed by atoms with van der Waals surface area (Å²) in [4.78, 5) is 33.2. The van der Waals surface area contributed by atoms with E-state index in [0.29, 0.717) is 12.0 Å². The Morgan fingerprint density at radius 2 is 2.09 bits per heavy atom. The van der Waals surface area contributed by atoms with E-state index >= 15 is 0 Å². The van der Waals surface area contributed by atoms with Crippen molar-refractivity contribution in [1.82, 2.24) is 10.6 Å². The number of piperidine rings is 1. The summed E-state index contributed by atoms with van der Waals surface area (Å²) in [6.45, 7) is 0.727. The van der Waals surface area contributed by atoms with Crippen molar-refractivity contribution in [2.24, 2.45) is 0 Å². The van der Waals surface area contributed by atoms with Gasteiger partial charge in [0.15, 0.2) is 0 Å². The van der Waals surface area contributed by atoms with Gasteiger partial charge in [0.25, 0.3) is 5.91 Å². The zero-order chi connectivity index (χ0) is 16.4. The lowest BCUT2D eigenvalue weighted by molar-refractivity contribution is 0.0932. The summed E-state index contributed by atoms with van der Waals surface area (Å²) in [6.07, 6.45) is 6.66. The quantitative estimate of drug-likeness (QED) is 0.617. The third kappa shape index (κ3) is 3.86. The van der Waals surface area contributed by atoms with E-state index in [4.69, 9.17) is 0 Å². The molecule has 1 aliphatic heterocycles. The van der Waals surface area contributed by atoms with Gasteiger partial charge in [-0.05, 0) is 50.6 Å². The second-order valence-corrected chi connectivity index (χ2v) is 9.02. The molecule has 0 spiro atoms. The Balaban J connectivity index is 1.78. The van der Waals surface area contributed by atoms with Gasteiger partial charge in [0.05, 0.1) is 5.56 Å². The molecule has 0 bridgehead atoms. The van der Waals surface area contributed by atoms with Crippen molar-refractivity contribution in [3.63, 3.8) is 0 Å². The first kappa shape index (κ1) is 17.1. The van der Waals surface area contributed by atoms with Gasteiger partial charge in [-0.2, -0.15) is 0 Å². The zero-order valence-electron chi connectivity index (χ0n) is 13.0. The fraction of sp³-hybridized carbons (Fsp3) is 0.667. The van der Waals surface area contributed by atoms with Crippen LogP contribution in [0.4, 0.5) is 0 Å². The zero-order valence-corrected chi connectivity index (χ0v) is 14.7. The van der Waals surface area contributed by atoms with Crippen LogP contribution >= 0.6 is 18.9 Å². The molecule has 2 unspecified atom stereocenters. The summed E-state index contributed by atoms with van der Waals surface area (Å²) in [5.41, 5.74) is 1.67. The predicted octanol–water partition coefficient (Wildman–Crippen LogP) is 2.00. The number of hydrogen-bond donors (Lipinski definition) is 4. The highest BCUT2D eigenvalue weighted by molar-refractivity contribution is 7.52. The van der Waals surface area contributed by atoms with Crippen LogP contribution in [0.25, 0.3) is 0 Å². The number of thiophene rings is 1. The van der Waals surface area contributed by atoms with Crippen LogP contribution in [0.2, 0.25) is 0 Å². The maximum atomic E-state index is 12.6. The lowest BCUT2D eigenvalue weighted by Gasteiger charge is -2.32. The highest BCUT2D eigenvalue weighted by Gasteiger charge is 2.38. The van der Waals surface area contributed by atoms with E-state index in [-0.39, 0.29) is 11.9 Å². The van der Waals surface area contributed by atoms with Crippen LogP contribution < -0.4 is 10.6 Å². The number of nitrogens with one attached hydrogen (secondary N) is 2. The van der Waals surface area contributed by atoms with Gasteiger partial charge < -0.3 is 20.4 Å². The Hall–Kier alpha value is -0.720. The molecular weight excluding hydrogens is 335 g/mol. The van der Waals surface area contributed by atoms with Crippen LogP contribution in [0.5, 0.6) is 0 Å². The third-order valence-corrected chi connectivity index (χ3v) is 6.98. The lowest BCUT2D eigenvalue weighted by Crippen LogP contribution is -2.51. The first-order valence-electron chi connectivity index (χ1n) is 8.15. The van der Waals surface area contributed by atoms with Crippen LogP contribution in [0.15, 0.2) is 5.38 Å². The van der Waals surface area contributed by atoms with Gasteiger partial charge >= 0.3 is 7.60 Å². The van der Waals surface area contributed by atoms with Crippen molar-refractivity contribution in [1.29, 1.82) is 0 Å². The molecule has 1 aromatic rings. The maximum absolute atomic E-state index is 12.6. The molecule has 2 aliphatic rings. The minimum absolute atomic E-state index is 0.356. The molecule has 1 fully saturated rings. The van der Waals surface area contributed by atoms with Crippen LogP contribution in [0, 0.1) is 0 Å². The minimum atomic E-state index is -4.42. The number of aryl methyl sites for hydroxylation is 1. The van der Waals surface area contributed by atoms with Gasteiger partial charge in [-0.1, -0.05) is 6.42 Å². The van der Waals surface area contributed by atoms with E-state index in [0.717, 1.165) is 50.6 Å². The maximum Gasteiger partial charge on any atom is 0.349 e. The molecule has 3 rings (SSSR count). The van der Waals surface area contributed by atoms with Crippen molar-refractivity contribution in [2.45, 2.75) is 56.8 Å². The van der Waals surface area contributed by atoms with Crippen LogP contribution in [0.1, 0.15) is 52.9 Å². The fourth-order valence-electron chi connectivity index (χ4n) is 3.46. The van der Waals surface area contributed by atoms with Gasteiger partial charge in [-0.15, -0.1) is 11.3 Å². The molecule has 2 atom stereocenters. The van der Waals surface area contributed by atoms with E-state index < -0.39 is 13.4 Å². The number of fused-ring (bicyclic) bond motifs is 1. The molecule has 4 N–H and O–H groups in total. The Bertz CT molecular complexity index is 621. The van der Waals surface area contributed by atoms with Gasteiger partial charge in [0.1, 0.15) is 5.78 Å². The summed E-state index contributed by atoms with van der Waals surface area (Å²) < 4.78 is 11.9. The highest BCUT2D eigenvalue weighted by Crippen LogP contribution is 2.43. The summed E-state index contributed by atoms with van der Waals surface area (Å²) in [5.74, 6) is -1.51. The van der Waals surface area contributed by atoms with Crippen LogP contribution in [0.3, 0.4) is 0 Å². The van der Waals surface area contributed by atoms with E-state index in [9.17, 15) is 19.1 Å². The van der Waals surface area contributed by atoms with Crippen molar-refractivity contribution in [2.75, 3.05) is 6.54 Å². The fourth-order valence-corrected chi connectivity index (χ4v) is 5.60. The molecule has 0 radical (unpaired) electrons. The standard InChI is InChI=1S/C15H23N2O4PS/c18-14(11-9-23-13-7-2-1-5-10(11)13)17-15(22(19,20)21)12-6-3-4-8-16-12/h9,12,15-16H,1-8H2,(H,17,18)(H2,19,20,21). The molecule has 0 saturated carbocycles. The molecule has 23 heavy (non-hydrogen) atoms. The van der Waals surface area contributed by atoms with Crippen molar-refractivity contribution in [3.05, 3.63) is 21.4 Å². The molecule has 128 valence electrons. The molecule has 8 heteroatoms. The third-order valence-electron chi connectivity index (χ3n) is 4.68. The Labute approximate surface area is 139 Å². The van der Waals surface area contributed by atoms with Gasteiger partial charge in [0, 0.05) is 16.3 Å². The average Bonchev–Trinajstić information content (AvgIpc) is 2.96. The number of rotatable bonds is 4. The van der Waals surface area contributed by atoms with Gasteiger partial charge in [-0.25, -0.2) is 0 Å². The smallest absolute Gasteiger partial charge is 0.337 e. The van der Waals surface area contributed by atoms with Crippen molar-refractivity contribution >= 4 is 24.8 Å². The van der Waals surface area contributed by atoms with Crippen LogP contribution in [-0.2, 0) is 17.4 Å². The Kier molecular flexibility index (Phi) is 5.23. The largest absolute Gasteiger partial charge is 0.349 e. The van der Waals surface area contributed by atoms with Gasteiger partial charge in [0.2, 0.25) is 0 Å². The Morgan fingerprint density at radius 1 is 1.30 bits per heavy atom. The van der Waals surface area contributed by atoms with E-state index in [1.165, 1.54) is 4.88 Å². The monoisotopic (exact) mass is 358 g/mol. The molecule has 6 nitrogen and oxygen atoms in total. The molecular formula is C15H23N2O4PS. The number of carbonyl (C=O) groups excluding carboxylic acids is 1. The SMILES string of the molecule is O=C(NC(C1CCCCN1)P(=O)(O)O)c1csc2c1CCCC2. The summed E-state index contributed by atoms with van der Waals surface area (Å²) in [6, 6.07) is -0.372. The average molecular weight is 358 g/mol.